The van der Waals surface area contributed by atoms with Crippen molar-refractivity contribution in [2.24, 2.45) is 0 Å². The third kappa shape index (κ3) is 1.66. The van der Waals surface area contributed by atoms with Gasteiger partial charge in [-0.2, -0.15) is 5.10 Å². The maximum atomic E-state index is 11.7. The fourth-order valence-electron chi connectivity index (χ4n) is 2.49. The number of carbonyl (C=O) groups excluding carboxylic acids is 1. The van der Waals surface area contributed by atoms with Crippen molar-refractivity contribution in [3.8, 4) is 0 Å². The molecule has 0 N–H and O–H groups in total. The Hall–Kier alpha value is -1.91. The molecule has 0 aromatic carbocycles. The molecule has 0 saturated heterocycles. The van der Waals surface area contributed by atoms with Crippen LogP contribution in [0.1, 0.15) is 30.3 Å². The van der Waals surface area contributed by atoms with Gasteiger partial charge < -0.3 is 4.90 Å². The molecule has 2 aromatic heterocycles. The van der Waals surface area contributed by atoms with Gasteiger partial charge in [0.1, 0.15) is 0 Å². The standard InChI is InChI=1S/C13H16N4O/c1-3-13(18)16-5-4-11-10(8-16)7-14-12-6-9(2)15-17(11)12/h6-7H,3-5,8H2,1-2H3. The summed E-state index contributed by atoms with van der Waals surface area (Å²) in [4.78, 5) is 18.0. The lowest BCUT2D eigenvalue weighted by atomic mass is 10.1. The minimum atomic E-state index is 0.206. The van der Waals surface area contributed by atoms with Gasteiger partial charge in [-0.05, 0) is 6.92 Å². The summed E-state index contributed by atoms with van der Waals surface area (Å²) in [6, 6.07) is 1.98. The summed E-state index contributed by atoms with van der Waals surface area (Å²) in [5.41, 5.74) is 4.16. The predicted molar refractivity (Wildman–Crippen MR) is 67.1 cm³/mol. The number of rotatable bonds is 1. The molecule has 3 heterocycles. The fraction of sp³-hybridized carbons (Fsp3) is 0.462. The lowest BCUT2D eigenvalue weighted by Gasteiger charge is -2.28. The van der Waals surface area contributed by atoms with Crippen LogP contribution >= 0.6 is 0 Å². The highest BCUT2D eigenvalue weighted by Crippen LogP contribution is 2.20. The summed E-state index contributed by atoms with van der Waals surface area (Å²) in [5.74, 6) is 0.206. The SMILES string of the molecule is CCC(=O)N1CCc2c(cnc3cc(C)nn23)C1. The van der Waals surface area contributed by atoms with E-state index >= 15 is 0 Å². The van der Waals surface area contributed by atoms with Crippen LogP contribution in [-0.4, -0.2) is 31.9 Å². The van der Waals surface area contributed by atoms with Gasteiger partial charge in [-0.1, -0.05) is 6.92 Å². The van der Waals surface area contributed by atoms with Crippen LogP contribution < -0.4 is 0 Å². The van der Waals surface area contributed by atoms with Gasteiger partial charge in [-0.15, -0.1) is 0 Å². The molecular formula is C13H16N4O. The average molecular weight is 244 g/mol. The molecule has 5 nitrogen and oxygen atoms in total. The minimum Gasteiger partial charge on any atom is -0.338 e. The molecule has 3 rings (SSSR count). The summed E-state index contributed by atoms with van der Waals surface area (Å²) in [6.45, 7) is 5.30. The zero-order valence-electron chi connectivity index (χ0n) is 10.7. The van der Waals surface area contributed by atoms with Crippen molar-refractivity contribution in [2.75, 3.05) is 6.54 Å². The first-order valence-corrected chi connectivity index (χ1v) is 6.30. The lowest BCUT2D eigenvalue weighted by Crippen LogP contribution is -2.36. The Labute approximate surface area is 105 Å². The molecule has 1 aliphatic rings. The van der Waals surface area contributed by atoms with Crippen molar-refractivity contribution >= 4 is 11.6 Å². The van der Waals surface area contributed by atoms with Gasteiger partial charge in [-0.25, -0.2) is 9.50 Å². The molecule has 5 heteroatoms. The van der Waals surface area contributed by atoms with Gasteiger partial charge in [0, 0.05) is 43.8 Å². The van der Waals surface area contributed by atoms with E-state index in [1.807, 2.05) is 35.5 Å². The topological polar surface area (TPSA) is 50.5 Å². The Kier molecular flexibility index (Phi) is 2.54. The first-order valence-electron chi connectivity index (χ1n) is 6.30. The molecule has 1 amide bonds. The summed E-state index contributed by atoms with van der Waals surface area (Å²) in [6.07, 6.45) is 3.29. The molecule has 0 fully saturated rings. The minimum absolute atomic E-state index is 0.206. The number of aryl methyl sites for hydroxylation is 1. The van der Waals surface area contributed by atoms with Gasteiger partial charge in [0.15, 0.2) is 5.65 Å². The Morgan fingerprint density at radius 2 is 2.33 bits per heavy atom. The smallest absolute Gasteiger partial charge is 0.222 e. The molecule has 0 bridgehead atoms. The molecule has 0 aliphatic carbocycles. The third-order valence-electron chi connectivity index (χ3n) is 3.43. The van der Waals surface area contributed by atoms with E-state index in [4.69, 9.17) is 0 Å². The highest BCUT2D eigenvalue weighted by molar-refractivity contribution is 5.76. The van der Waals surface area contributed by atoms with E-state index in [2.05, 4.69) is 10.1 Å². The average Bonchev–Trinajstić information content (AvgIpc) is 2.77. The third-order valence-corrected chi connectivity index (χ3v) is 3.43. The Morgan fingerprint density at radius 3 is 3.11 bits per heavy atom. The Balaban J connectivity index is 2.02. The summed E-state index contributed by atoms with van der Waals surface area (Å²) >= 11 is 0. The van der Waals surface area contributed by atoms with E-state index in [1.165, 1.54) is 5.69 Å². The second-order valence-corrected chi connectivity index (χ2v) is 4.70. The van der Waals surface area contributed by atoms with Crippen LogP contribution in [0.2, 0.25) is 0 Å². The molecule has 0 spiro atoms. The first-order chi connectivity index (χ1) is 8.69. The number of hydrogen-bond acceptors (Lipinski definition) is 3. The Morgan fingerprint density at radius 1 is 1.50 bits per heavy atom. The molecule has 94 valence electrons. The van der Waals surface area contributed by atoms with Gasteiger partial charge in [0.05, 0.1) is 11.4 Å². The monoisotopic (exact) mass is 244 g/mol. The van der Waals surface area contributed by atoms with E-state index in [0.29, 0.717) is 13.0 Å². The number of amides is 1. The van der Waals surface area contributed by atoms with Crippen LogP contribution in [-0.2, 0) is 17.8 Å². The molecule has 0 saturated carbocycles. The largest absolute Gasteiger partial charge is 0.338 e. The maximum absolute atomic E-state index is 11.7. The highest BCUT2D eigenvalue weighted by Gasteiger charge is 2.22. The molecule has 0 unspecified atom stereocenters. The number of hydrogen-bond donors (Lipinski definition) is 0. The van der Waals surface area contributed by atoms with Crippen molar-refractivity contribution in [2.45, 2.75) is 33.2 Å². The summed E-state index contributed by atoms with van der Waals surface area (Å²) < 4.78 is 1.92. The van der Waals surface area contributed by atoms with Crippen molar-refractivity contribution in [3.05, 3.63) is 29.2 Å². The number of aromatic nitrogens is 3. The normalized spacial score (nSPS) is 14.9. The van der Waals surface area contributed by atoms with E-state index in [9.17, 15) is 4.79 Å². The fourth-order valence-corrected chi connectivity index (χ4v) is 2.49. The summed E-state index contributed by atoms with van der Waals surface area (Å²) in [7, 11) is 0. The zero-order chi connectivity index (χ0) is 12.7. The number of carbonyl (C=O) groups is 1. The second kappa shape index (κ2) is 4.08. The number of nitrogens with zero attached hydrogens (tertiary/aromatic N) is 4. The van der Waals surface area contributed by atoms with E-state index in [-0.39, 0.29) is 5.91 Å². The molecule has 18 heavy (non-hydrogen) atoms. The van der Waals surface area contributed by atoms with E-state index in [0.717, 1.165) is 29.9 Å². The van der Waals surface area contributed by atoms with Crippen LogP contribution in [0.15, 0.2) is 12.3 Å². The van der Waals surface area contributed by atoms with Crippen molar-refractivity contribution in [1.29, 1.82) is 0 Å². The number of fused-ring (bicyclic) bond motifs is 3. The molecular weight excluding hydrogens is 228 g/mol. The molecule has 2 aromatic rings. The van der Waals surface area contributed by atoms with E-state index < -0.39 is 0 Å². The molecule has 1 aliphatic heterocycles. The van der Waals surface area contributed by atoms with Gasteiger partial charge in [0.2, 0.25) is 5.91 Å². The van der Waals surface area contributed by atoms with Crippen molar-refractivity contribution in [3.63, 3.8) is 0 Å². The van der Waals surface area contributed by atoms with Gasteiger partial charge in [-0.3, -0.25) is 4.79 Å². The van der Waals surface area contributed by atoms with Gasteiger partial charge in [0.25, 0.3) is 0 Å². The van der Waals surface area contributed by atoms with Gasteiger partial charge >= 0.3 is 0 Å². The predicted octanol–water partition coefficient (Wildman–Crippen LogP) is 1.33. The lowest BCUT2D eigenvalue weighted by molar-refractivity contribution is -0.131. The van der Waals surface area contributed by atoms with Crippen LogP contribution in [0, 0.1) is 6.92 Å². The highest BCUT2D eigenvalue weighted by atomic mass is 16.2. The van der Waals surface area contributed by atoms with Crippen molar-refractivity contribution < 1.29 is 4.79 Å². The van der Waals surface area contributed by atoms with Crippen LogP contribution in [0.3, 0.4) is 0 Å². The zero-order valence-corrected chi connectivity index (χ0v) is 10.7. The molecule has 0 radical (unpaired) electrons. The summed E-state index contributed by atoms with van der Waals surface area (Å²) in [5, 5.41) is 4.47. The van der Waals surface area contributed by atoms with Crippen LogP contribution in [0.4, 0.5) is 0 Å². The Bertz CT molecular complexity index is 617. The van der Waals surface area contributed by atoms with Crippen LogP contribution in [0.25, 0.3) is 5.65 Å². The van der Waals surface area contributed by atoms with E-state index in [1.54, 1.807) is 0 Å². The first kappa shape index (κ1) is 11.2. The quantitative estimate of drug-likeness (QED) is 0.760. The van der Waals surface area contributed by atoms with Crippen molar-refractivity contribution in [1.82, 2.24) is 19.5 Å². The molecule has 0 atom stereocenters. The maximum Gasteiger partial charge on any atom is 0.222 e. The van der Waals surface area contributed by atoms with Crippen LogP contribution in [0.5, 0.6) is 0 Å². The second-order valence-electron chi connectivity index (χ2n) is 4.70.